The minimum absolute atomic E-state index is 0.0312. The van der Waals surface area contributed by atoms with Crippen molar-refractivity contribution in [2.24, 2.45) is 17.3 Å². The number of carbonyl (C=O) groups excluding carboxylic acids is 2. The SMILES string of the molecule is CCN(C(=O)C(C)C)c1cc(F)ccc1Oc1cncnc1N1CC2(CN(C(=O)C3Cc4ccc(S(C)(=O)=O)cc4C3)C2)C1. The number of aromatic nitrogens is 2. The number of anilines is 2. The largest absolute Gasteiger partial charge is 0.450 e. The van der Waals surface area contributed by atoms with Gasteiger partial charge in [0.2, 0.25) is 11.8 Å². The maximum Gasteiger partial charge on any atom is 0.229 e. The Kier molecular flexibility index (Phi) is 7.59. The van der Waals surface area contributed by atoms with Crippen LogP contribution in [-0.4, -0.2) is 74.1 Å². The number of rotatable bonds is 8. The van der Waals surface area contributed by atoms with Gasteiger partial charge in [-0.1, -0.05) is 19.9 Å². The molecule has 2 fully saturated rings. The van der Waals surface area contributed by atoms with Crippen LogP contribution in [0.2, 0.25) is 0 Å². The molecule has 0 radical (unpaired) electrons. The molecule has 232 valence electrons. The standard InChI is InChI=1S/C32H36FN5O5S/c1-5-38(30(39)20(2)3)26-13-24(33)7-9-27(26)43-28-14-34-19-35-29(28)36-15-32(16-36)17-37(18-32)31(40)23-10-21-6-8-25(44(4,41)42)12-22(21)11-23/h6-9,12-14,19-20,23H,5,10-11,15-18H2,1-4H3. The van der Waals surface area contributed by atoms with E-state index < -0.39 is 15.7 Å². The van der Waals surface area contributed by atoms with Gasteiger partial charge in [-0.25, -0.2) is 22.8 Å². The van der Waals surface area contributed by atoms with E-state index in [1.165, 1.54) is 35.7 Å². The summed E-state index contributed by atoms with van der Waals surface area (Å²) in [6, 6.07) is 9.26. The highest BCUT2D eigenvalue weighted by molar-refractivity contribution is 7.90. The van der Waals surface area contributed by atoms with Crippen molar-refractivity contribution in [2.75, 3.05) is 48.8 Å². The molecule has 1 spiro atoms. The van der Waals surface area contributed by atoms with Crippen LogP contribution >= 0.6 is 0 Å². The van der Waals surface area contributed by atoms with Gasteiger partial charge in [-0.05, 0) is 55.2 Å². The number of ether oxygens (including phenoxy) is 1. The second-order valence-corrected chi connectivity index (χ2v) is 14.5. The molecule has 2 saturated heterocycles. The summed E-state index contributed by atoms with van der Waals surface area (Å²) in [5, 5.41) is 0. The quantitative estimate of drug-likeness (QED) is 0.373. The lowest BCUT2D eigenvalue weighted by atomic mass is 9.72. The molecule has 1 unspecified atom stereocenters. The summed E-state index contributed by atoms with van der Waals surface area (Å²) >= 11 is 0. The highest BCUT2D eigenvalue weighted by Gasteiger charge is 2.54. The van der Waals surface area contributed by atoms with Crippen LogP contribution in [-0.2, 0) is 32.3 Å². The number of hydrogen-bond acceptors (Lipinski definition) is 8. The van der Waals surface area contributed by atoms with Gasteiger partial charge < -0.3 is 19.4 Å². The number of hydrogen-bond donors (Lipinski definition) is 0. The fraction of sp³-hybridized carbons (Fsp3) is 0.438. The molecule has 3 aliphatic rings. The first-order valence-electron chi connectivity index (χ1n) is 14.8. The van der Waals surface area contributed by atoms with Crippen molar-refractivity contribution >= 4 is 33.2 Å². The van der Waals surface area contributed by atoms with Crippen molar-refractivity contribution in [1.82, 2.24) is 14.9 Å². The maximum absolute atomic E-state index is 14.3. The molecule has 3 aromatic rings. The van der Waals surface area contributed by atoms with Crippen molar-refractivity contribution in [3.05, 3.63) is 65.9 Å². The minimum Gasteiger partial charge on any atom is -0.450 e. The average Bonchev–Trinajstić information content (AvgIpc) is 3.37. The van der Waals surface area contributed by atoms with Crippen LogP contribution in [0.5, 0.6) is 11.5 Å². The lowest BCUT2D eigenvalue weighted by Gasteiger charge is -2.60. The van der Waals surface area contributed by atoms with E-state index in [4.69, 9.17) is 4.74 Å². The van der Waals surface area contributed by atoms with Crippen LogP contribution in [0.3, 0.4) is 0 Å². The van der Waals surface area contributed by atoms with E-state index in [0.29, 0.717) is 68.6 Å². The van der Waals surface area contributed by atoms with E-state index in [0.717, 1.165) is 11.1 Å². The molecule has 2 aliphatic heterocycles. The Bertz CT molecular complexity index is 1730. The number of amides is 2. The molecule has 2 amide bonds. The molecule has 44 heavy (non-hydrogen) atoms. The van der Waals surface area contributed by atoms with E-state index in [-0.39, 0.29) is 34.0 Å². The molecule has 2 aromatic carbocycles. The Morgan fingerprint density at radius 3 is 2.48 bits per heavy atom. The summed E-state index contributed by atoms with van der Waals surface area (Å²) in [5.74, 6) is 0.370. The summed E-state index contributed by atoms with van der Waals surface area (Å²) in [4.78, 5) is 40.6. The number of benzene rings is 2. The van der Waals surface area contributed by atoms with Gasteiger partial charge in [-0.2, -0.15) is 0 Å². The zero-order valence-electron chi connectivity index (χ0n) is 25.3. The molecule has 3 heterocycles. The fourth-order valence-electron chi connectivity index (χ4n) is 6.57. The van der Waals surface area contributed by atoms with Crippen molar-refractivity contribution in [2.45, 2.75) is 38.5 Å². The summed E-state index contributed by atoms with van der Waals surface area (Å²) in [5.41, 5.74) is 2.29. The first-order chi connectivity index (χ1) is 20.9. The molecular weight excluding hydrogens is 585 g/mol. The first-order valence-corrected chi connectivity index (χ1v) is 16.7. The second kappa shape index (κ2) is 11.1. The Morgan fingerprint density at radius 1 is 1.07 bits per heavy atom. The van der Waals surface area contributed by atoms with Crippen LogP contribution in [0.4, 0.5) is 15.9 Å². The van der Waals surface area contributed by atoms with E-state index in [1.54, 1.807) is 32.2 Å². The van der Waals surface area contributed by atoms with Crippen molar-refractivity contribution in [1.29, 1.82) is 0 Å². The normalized spacial score (nSPS) is 18.5. The Labute approximate surface area is 256 Å². The van der Waals surface area contributed by atoms with Gasteiger partial charge in [-0.3, -0.25) is 9.59 Å². The Morgan fingerprint density at radius 2 is 1.80 bits per heavy atom. The van der Waals surface area contributed by atoms with Crippen LogP contribution in [0, 0.1) is 23.1 Å². The smallest absolute Gasteiger partial charge is 0.229 e. The van der Waals surface area contributed by atoms with Gasteiger partial charge in [0.15, 0.2) is 27.2 Å². The third-order valence-electron chi connectivity index (χ3n) is 8.77. The summed E-state index contributed by atoms with van der Waals surface area (Å²) < 4.78 is 44.4. The highest BCUT2D eigenvalue weighted by atomic mass is 32.2. The molecule has 1 aliphatic carbocycles. The van der Waals surface area contributed by atoms with E-state index in [2.05, 4.69) is 14.9 Å². The number of likely N-dealkylation sites (tertiary alicyclic amines) is 1. The molecule has 1 aromatic heterocycles. The van der Waals surface area contributed by atoms with Crippen LogP contribution in [0.15, 0.2) is 53.8 Å². The van der Waals surface area contributed by atoms with E-state index >= 15 is 0 Å². The molecular formula is C32H36FN5O5S. The zero-order chi connectivity index (χ0) is 31.4. The number of nitrogens with zero attached hydrogens (tertiary/aromatic N) is 5. The monoisotopic (exact) mass is 621 g/mol. The predicted octanol–water partition coefficient (Wildman–Crippen LogP) is 3.88. The van der Waals surface area contributed by atoms with Crippen LogP contribution in [0.25, 0.3) is 0 Å². The average molecular weight is 622 g/mol. The predicted molar refractivity (Wildman–Crippen MR) is 163 cm³/mol. The van der Waals surface area contributed by atoms with Crippen LogP contribution in [0.1, 0.15) is 31.9 Å². The summed E-state index contributed by atoms with van der Waals surface area (Å²) in [6.45, 7) is 8.46. The van der Waals surface area contributed by atoms with E-state index in [1.807, 2.05) is 17.9 Å². The van der Waals surface area contributed by atoms with Gasteiger partial charge in [-0.15, -0.1) is 0 Å². The number of sulfone groups is 1. The van der Waals surface area contributed by atoms with Crippen molar-refractivity contribution in [3.63, 3.8) is 0 Å². The molecule has 1 atom stereocenters. The van der Waals surface area contributed by atoms with Gasteiger partial charge in [0.1, 0.15) is 12.1 Å². The third-order valence-corrected chi connectivity index (χ3v) is 9.88. The van der Waals surface area contributed by atoms with Gasteiger partial charge in [0.05, 0.1) is 16.8 Å². The Balaban J connectivity index is 1.10. The van der Waals surface area contributed by atoms with Crippen molar-refractivity contribution < 1.29 is 27.1 Å². The first kappa shape index (κ1) is 30.0. The molecule has 0 bridgehead atoms. The molecule has 0 N–H and O–H groups in total. The summed E-state index contributed by atoms with van der Waals surface area (Å²) in [6.07, 6.45) is 5.38. The molecule has 10 nitrogen and oxygen atoms in total. The lowest BCUT2D eigenvalue weighted by molar-refractivity contribution is -0.149. The molecule has 6 rings (SSSR count). The van der Waals surface area contributed by atoms with Crippen molar-refractivity contribution in [3.8, 4) is 11.5 Å². The molecule has 0 saturated carbocycles. The van der Waals surface area contributed by atoms with Crippen LogP contribution < -0.4 is 14.5 Å². The zero-order valence-corrected chi connectivity index (χ0v) is 26.1. The number of halogens is 1. The minimum atomic E-state index is -3.30. The molecule has 12 heteroatoms. The maximum atomic E-state index is 14.3. The highest BCUT2D eigenvalue weighted by Crippen LogP contribution is 2.46. The third kappa shape index (κ3) is 5.51. The van der Waals surface area contributed by atoms with Gasteiger partial charge in [0.25, 0.3) is 0 Å². The fourth-order valence-corrected chi connectivity index (χ4v) is 7.24. The lowest BCUT2D eigenvalue weighted by Crippen LogP contribution is -2.73. The number of carbonyl (C=O) groups is 2. The summed E-state index contributed by atoms with van der Waals surface area (Å²) in [7, 11) is -3.30. The van der Waals surface area contributed by atoms with E-state index in [9.17, 15) is 22.4 Å². The Hall–Kier alpha value is -4.06. The number of fused-ring (bicyclic) bond motifs is 1. The van der Waals surface area contributed by atoms with Gasteiger partial charge >= 0.3 is 0 Å². The van der Waals surface area contributed by atoms with Gasteiger partial charge in [0, 0.05) is 62.3 Å². The topological polar surface area (TPSA) is 113 Å². The second-order valence-electron chi connectivity index (χ2n) is 12.5.